The number of piperidine rings is 1. The Morgan fingerprint density at radius 2 is 2.21 bits per heavy atom. The van der Waals surface area contributed by atoms with Gasteiger partial charge in [0.25, 0.3) is 5.91 Å². The highest BCUT2D eigenvalue weighted by atomic mass is 16.5. The average molecular weight is 327 g/mol. The van der Waals surface area contributed by atoms with E-state index in [1.54, 1.807) is 18.5 Å². The van der Waals surface area contributed by atoms with Crippen LogP contribution in [-0.2, 0) is 4.74 Å². The van der Waals surface area contributed by atoms with Crippen molar-refractivity contribution in [2.45, 2.75) is 18.4 Å². The van der Waals surface area contributed by atoms with Crippen molar-refractivity contribution in [2.75, 3.05) is 37.7 Å². The number of nitrogens with zero attached hydrogens (tertiary/aromatic N) is 4. The van der Waals surface area contributed by atoms with E-state index in [0.717, 1.165) is 31.6 Å². The van der Waals surface area contributed by atoms with Crippen LogP contribution in [0.2, 0.25) is 0 Å². The lowest BCUT2D eigenvalue weighted by Crippen LogP contribution is -2.60. The van der Waals surface area contributed by atoms with Crippen molar-refractivity contribution in [1.29, 1.82) is 0 Å². The van der Waals surface area contributed by atoms with Crippen LogP contribution in [0.1, 0.15) is 23.3 Å². The molecule has 4 rings (SSSR count). The summed E-state index contributed by atoms with van der Waals surface area (Å²) in [5.41, 5.74) is 1.34. The first kappa shape index (κ1) is 15.1. The summed E-state index contributed by atoms with van der Waals surface area (Å²) in [6.07, 6.45) is 7.28. The van der Waals surface area contributed by atoms with E-state index in [0.29, 0.717) is 25.4 Å². The molecule has 2 aromatic heterocycles. The largest absolute Gasteiger partial charge is 0.369 e. The Morgan fingerprint density at radius 3 is 3.00 bits per heavy atom. The maximum atomic E-state index is 12.6. The number of aromatic amines is 1. The maximum Gasteiger partial charge on any atom is 0.272 e. The highest BCUT2D eigenvalue weighted by molar-refractivity contribution is 5.92. The Balaban J connectivity index is 1.50. The van der Waals surface area contributed by atoms with Gasteiger partial charge in [0.05, 0.1) is 25.0 Å². The Morgan fingerprint density at radius 1 is 1.25 bits per heavy atom. The minimum absolute atomic E-state index is 0.00586. The number of anilines is 1. The molecule has 1 unspecified atom stereocenters. The lowest BCUT2D eigenvalue weighted by atomic mass is 9.90. The fraction of sp³-hybridized carbons (Fsp3) is 0.471. The van der Waals surface area contributed by atoms with Gasteiger partial charge in [-0.05, 0) is 31.0 Å². The van der Waals surface area contributed by atoms with Gasteiger partial charge >= 0.3 is 0 Å². The average Bonchev–Trinajstić information content (AvgIpc) is 3.17. The van der Waals surface area contributed by atoms with Gasteiger partial charge in [-0.2, -0.15) is 5.10 Å². The molecule has 7 heteroatoms. The van der Waals surface area contributed by atoms with E-state index in [4.69, 9.17) is 4.74 Å². The molecule has 2 aliphatic heterocycles. The molecule has 4 heterocycles. The molecule has 2 aromatic rings. The zero-order chi connectivity index (χ0) is 16.4. The maximum absolute atomic E-state index is 12.6. The molecule has 0 radical (unpaired) electrons. The summed E-state index contributed by atoms with van der Waals surface area (Å²) in [7, 11) is 0. The molecule has 2 fully saturated rings. The lowest BCUT2D eigenvalue weighted by Gasteiger charge is -2.48. The standard InChI is InChI=1S/C17H21N5O2/c23-16(15-4-7-19-20-15)22-9-10-24-17(13-22)5-2-8-21(12-17)14-3-1-6-18-11-14/h1,3-4,6-7,11H,2,5,8-10,12-13H2,(H,19,20). The minimum atomic E-state index is -0.304. The molecular weight excluding hydrogens is 306 g/mol. The third kappa shape index (κ3) is 2.87. The number of amides is 1. The number of aromatic nitrogens is 3. The first-order valence-corrected chi connectivity index (χ1v) is 8.33. The number of nitrogens with one attached hydrogen (secondary N) is 1. The molecule has 2 aliphatic rings. The summed E-state index contributed by atoms with van der Waals surface area (Å²) in [4.78, 5) is 21.0. The van der Waals surface area contributed by atoms with Crippen molar-refractivity contribution in [1.82, 2.24) is 20.1 Å². The third-order valence-corrected chi connectivity index (χ3v) is 4.82. The van der Waals surface area contributed by atoms with E-state index in [1.165, 1.54) is 0 Å². The molecule has 2 saturated heterocycles. The molecule has 0 bridgehead atoms. The van der Waals surface area contributed by atoms with E-state index in [1.807, 2.05) is 17.2 Å². The summed E-state index contributed by atoms with van der Waals surface area (Å²) in [5, 5.41) is 6.63. The lowest BCUT2D eigenvalue weighted by molar-refractivity contribution is -0.105. The van der Waals surface area contributed by atoms with Crippen molar-refractivity contribution in [3.05, 3.63) is 42.5 Å². The Labute approximate surface area is 140 Å². The van der Waals surface area contributed by atoms with Gasteiger partial charge in [0.15, 0.2) is 0 Å². The van der Waals surface area contributed by atoms with Gasteiger partial charge in [0, 0.05) is 32.0 Å². The summed E-state index contributed by atoms with van der Waals surface area (Å²) >= 11 is 0. The number of hydrogen-bond acceptors (Lipinski definition) is 5. The smallest absolute Gasteiger partial charge is 0.272 e. The number of carbonyl (C=O) groups is 1. The van der Waals surface area contributed by atoms with Crippen molar-refractivity contribution in [3.8, 4) is 0 Å². The van der Waals surface area contributed by atoms with E-state index in [2.05, 4.69) is 26.1 Å². The second-order valence-corrected chi connectivity index (χ2v) is 6.46. The van der Waals surface area contributed by atoms with Crippen molar-refractivity contribution >= 4 is 11.6 Å². The van der Waals surface area contributed by atoms with Gasteiger partial charge in [-0.25, -0.2) is 0 Å². The first-order chi connectivity index (χ1) is 11.8. The predicted molar refractivity (Wildman–Crippen MR) is 88.9 cm³/mol. The molecule has 0 saturated carbocycles. The number of H-pyrrole nitrogens is 1. The van der Waals surface area contributed by atoms with Crippen LogP contribution in [0, 0.1) is 0 Å². The van der Waals surface area contributed by atoms with E-state index < -0.39 is 0 Å². The van der Waals surface area contributed by atoms with Gasteiger partial charge in [0.2, 0.25) is 0 Å². The zero-order valence-corrected chi connectivity index (χ0v) is 13.5. The van der Waals surface area contributed by atoms with Crippen molar-refractivity contribution < 1.29 is 9.53 Å². The predicted octanol–water partition coefficient (Wildman–Crippen LogP) is 1.32. The van der Waals surface area contributed by atoms with Crippen molar-refractivity contribution in [3.63, 3.8) is 0 Å². The molecule has 1 N–H and O–H groups in total. The molecule has 0 aliphatic carbocycles. The Hall–Kier alpha value is -2.41. The summed E-state index contributed by atoms with van der Waals surface area (Å²) in [6, 6.07) is 5.74. The van der Waals surface area contributed by atoms with Gasteiger partial charge in [-0.3, -0.25) is 14.9 Å². The zero-order valence-electron chi connectivity index (χ0n) is 13.5. The van der Waals surface area contributed by atoms with Crippen LogP contribution in [0.4, 0.5) is 5.69 Å². The number of ether oxygens (including phenoxy) is 1. The molecule has 0 aromatic carbocycles. The molecule has 1 amide bonds. The number of hydrogen-bond donors (Lipinski definition) is 1. The second-order valence-electron chi connectivity index (χ2n) is 6.46. The van der Waals surface area contributed by atoms with Gasteiger partial charge in [-0.1, -0.05) is 0 Å². The highest BCUT2D eigenvalue weighted by Crippen LogP contribution is 2.31. The third-order valence-electron chi connectivity index (χ3n) is 4.82. The van der Waals surface area contributed by atoms with Gasteiger partial charge in [-0.15, -0.1) is 0 Å². The van der Waals surface area contributed by atoms with Crippen LogP contribution in [0.25, 0.3) is 0 Å². The number of carbonyl (C=O) groups excluding carboxylic acids is 1. The molecule has 1 atom stereocenters. The molecule has 7 nitrogen and oxygen atoms in total. The molecular formula is C17H21N5O2. The number of pyridine rings is 1. The quantitative estimate of drug-likeness (QED) is 0.900. The van der Waals surface area contributed by atoms with Crippen LogP contribution < -0.4 is 4.90 Å². The monoisotopic (exact) mass is 327 g/mol. The summed E-state index contributed by atoms with van der Waals surface area (Å²) < 4.78 is 6.17. The Bertz CT molecular complexity index is 686. The molecule has 126 valence electrons. The number of morpholine rings is 1. The fourth-order valence-electron chi connectivity index (χ4n) is 3.67. The van der Waals surface area contributed by atoms with Crippen LogP contribution in [0.5, 0.6) is 0 Å². The van der Waals surface area contributed by atoms with Crippen LogP contribution in [0.3, 0.4) is 0 Å². The summed E-state index contributed by atoms with van der Waals surface area (Å²) in [6.45, 7) is 3.58. The summed E-state index contributed by atoms with van der Waals surface area (Å²) in [5.74, 6) is -0.00586. The Kier molecular flexibility index (Phi) is 3.93. The van der Waals surface area contributed by atoms with E-state index in [-0.39, 0.29) is 11.5 Å². The van der Waals surface area contributed by atoms with Crippen LogP contribution >= 0.6 is 0 Å². The second kappa shape index (κ2) is 6.24. The van der Waals surface area contributed by atoms with Crippen molar-refractivity contribution in [2.24, 2.45) is 0 Å². The van der Waals surface area contributed by atoms with E-state index >= 15 is 0 Å². The first-order valence-electron chi connectivity index (χ1n) is 8.33. The SMILES string of the molecule is O=C(c1ccn[nH]1)N1CCOC2(CCCN(c3cccnc3)C2)C1. The van der Waals surface area contributed by atoms with Gasteiger partial charge in [0.1, 0.15) is 11.3 Å². The highest BCUT2D eigenvalue weighted by Gasteiger charge is 2.42. The fourth-order valence-corrected chi connectivity index (χ4v) is 3.67. The molecule has 24 heavy (non-hydrogen) atoms. The van der Waals surface area contributed by atoms with E-state index in [9.17, 15) is 4.79 Å². The number of rotatable bonds is 2. The van der Waals surface area contributed by atoms with Crippen LogP contribution in [-0.4, -0.2) is 64.4 Å². The molecule has 1 spiro atoms. The minimum Gasteiger partial charge on any atom is -0.369 e. The van der Waals surface area contributed by atoms with Gasteiger partial charge < -0.3 is 14.5 Å². The topological polar surface area (TPSA) is 74.3 Å². The van der Waals surface area contributed by atoms with Crippen LogP contribution in [0.15, 0.2) is 36.8 Å². The normalized spacial score (nSPS) is 24.3.